The van der Waals surface area contributed by atoms with Crippen molar-refractivity contribution in [2.45, 2.75) is 13.3 Å². The number of carbonyl (C=O) groups is 1. The Balaban J connectivity index is 0.000000244. The molecule has 5 rings (SSSR count). The van der Waals surface area contributed by atoms with E-state index in [-0.39, 0.29) is 16.9 Å². The largest absolute Gasteiger partial charge is 0.381 e. The number of nitrogen functional groups attached to an aromatic ring is 1. The van der Waals surface area contributed by atoms with Gasteiger partial charge in [-0.15, -0.1) is 0 Å². The van der Waals surface area contributed by atoms with Crippen molar-refractivity contribution < 1.29 is 9.53 Å². The second-order valence-corrected chi connectivity index (χ2v) is 9.51. The Bertz CT molecular complexity index is 1720. The molecular formula is C32H35N7O3. The third-order valence-electron chi connectivity index (χ3n) is 6.72. The lowest BCUT2D eigenvalue weighted by Gasteiger charge is -2.24. The number of benzene rings is 2. The lowest BCUT2D eigenvalue weighted by Crippen LogP contribution is -2.36. The molecule has 4 N–H and O–H groups in total. The van der Waals surface area contributed by atoms with Crippen LogP contribution >= 0.6 is 0 Å². The highest BCUT2D eigenvalue weighted by molar-refractivity contribution is 6.02. The van der Waals surface area contributed by atoms with Crippen molar-refractivity contribution in [2.75, 3.05) is 38.6 Å². The van der Waals surface area contributed by atoms with E-state index in [4.69, 9.17) is 16.2 Å². The number of rotatable bonds is 6. The fraction of sp³-hybridized carbons (Fsp3) is 0.250. The average Bonchev–Trinajstić information content (AvgIpc) is 3.29. The van der Waals surface area contributed by atoms with Gasteiger partial charge in [0.1, 0.15) is 5.56 Å². The number of hydrogen-bond donors (Lipinski definition) is 2. The van der Waals surface area contributed by atoms with Crippen LogP contribution in [0, 0.1) is 11.8 Å². The number of para-hydroxylation sites is 1. The molecule has 4 aromatic rings. The normalized spacial score (nSPS) is 13.3. The number of hydrogen-bond acceptors (Lipinski definition) is 7. The molecule has 216 valence electrons. The molecule has 1 aliphatic rings. The summed E-state index contributed by atoms with van der Waals surface area (Å²) in [5, 5.41) is 5.47. The van der Waals surface area contributed by atoms with Crippen LogP contribution in [0.4, 0.5) is 11.6 Å². The third kappa shape index (κ3) is 6.83. The van der Waals surface area contributed by atoms with Crippen LogP contribution in [-0.4, -0.2) is 64.2 Å². The van der Waals surface area contributed by atoms with Crippen LogP contribution in [-0.2, 0) is 18.2 Å². The summed E-state index contributed by atoms with van der Waals surface area (Å²) >= 11 is 0. The Labute approximate surface area is 244 Å². The molecule has 2 aromatic carbocycles. The van der Waals surface area contributed by atoms with E-state index in [1.807, 2.05) is 53.1 Å². The first-order valence-electron chi connectivity index (χ1n) is 13.6. The lowest BCUT2D eigenvalue weighted by atomic mass is 10.0. The van der Waals surface area contributed by atoms with E-state index < -0.39 is 5.91 Å². The molecule has 1 saturated heterocycles. The minimum atomic E-state index is -0.646. The van der Waals surface area contributed by atoms with Crippen molar-refractivity contribution >= 4 is 34.5 Å². The van der Waals surface area contributed by atoms with E-state index >= 15 is 0 Å². The Morgan fingerprint density at radius 3 is 2.57 bits per heavy atom. The maximum absolute atomic E-state index is 13.5. The van der Waals surface area contributed by atoms with Crippen molar-refractivity contribution in [2.24, 2.45) is 17.8 Å². The maximum Gasteiger partial charge on any atom is 0.264 e. The molecular weight excluding hydrogens is 530 g/mol. The summed E-state index contributed by atoms with van der Waals surface area (Å²) in [6.45, 7) is 9.57. The summed E-state index contributed by atoms with van der Waals surface area (Å²) < 4.78 is 8.58. The number of aromatic nitrogens is 3. The number of pyridine rings is 1. The fourth-order valence-corrected chi connectivity index (χ4v) is 4.69. The maximum atomic E-state index is 13.5. The van der Waals surface area contributed by atoms with Gasteiger partial charge in [-0.2, -0.15) is 5.10 Å². The van der Waals surface area contributed by atoms with Crippen LogP contribution in [0.5, 0.6) is 0 Å². The summed E-state index contributed by atoms with van der Waals surface area (Å²) in [4.78, 5) is 30.7. The molecule has 0 saturated carbocycles. The Morgan fingerprint density at radius 2 is 1.90 bits per heavy atom. The number of allylic oxidation sites excluding steroid dienone is 1. The second-order valence-electron chi connectivity index (χ2n) is 9.51. The van der Waals surface area contributed by atoms with Crippen LogP contribution in [0.3, 0.4) is 0 Å². The minimum Gasteiger partial charge on any atom is -0.381 e. The Morgan fingerprint density at radius 1 is 1.17 bits per heavy atom. The van der Waals surface area contributed by atoms with Crippen LogP contribution < -0.4 is 17.0 Å². The van der Waals surface area contributed by atoms with Gasteiger partial charge in [-0.25, -0.2) is 9.67 Å². The molecule has 42 heavy (non-hydrogen) atoms. The van der Waals surface area contributed by atoms with E-state index in [9.17, 15) is 9.59 Å². The standard InChI is InChI=1S/C24H24N2O2.C8H11N5O/c1-2-21-18-20-9-6-8-19(10-7-13-25-14-16-28-17-15-25)23(20)24(27)26(21)22-11-4-3-5-12-22;1-3-4-11-8-5(7(10)14)6(9)12-13(8)2/h3-6,8-9,11-12,18H,2,13-17H2,1H3;3-4H,1H2,2H3,(H2,9,12)(H2,10,14)/b;11-4-. The van der Waals surface area contributed by atoms with Crippen molar-refractivity contribution in [3.63, 3.8) is 0 Å². The molecule has 0 unspecified atom stereocenters. The predicted octanol–water partition coefficient (Wildman–Crippen LogP) is 3.23. The van der Waals surface area contributed by atoms with Gasteiger partial charge in [0.25, 0.3) is 11.5 Å². The molecule has 0 radical (unpaired) electrons. The van der Waals surface area contributed by atoms with Gasteiger partial charge in [-0.3, -0.25) is 19.1 Å². The van der Waals surface area contributed by atoms with Crippen molar-refractivity contribution in [3.8, 4) is 17.5 Å². The molecule has 1 aliphatic heterocycles. The summed E-state index contributed by atoms with van der Waals surface area (Å²) in [6, 6.07) is 17.8. The number of ether oxygens (including phenoxy) is 1. The van der Waals surface area contributed by atoms with E-state index in [1.54, 1.807) is 7.05 Å². The third-order valence-corrected chi connectivity index (χ3v) is 6.72. The van der Waals surface area contributed by atoms with Crippen LogP contribution in [0.2, 0.25) is 0 Å². The van der Waals surface area contributed by atoms with Gasteiger partial charge in [0.05, 0.1) is 25.1 Å². The number of carbonyl (C=O) groups excluding carboxylic acids is 1. The van der Waals surface area contributed by atoms with E-state index in [0.29, 0.717) is 17.7 Å². The molecule has 0 aliphatic carbocycles. The number of anilines is 1. The summed E-state index contributed by atoms with van der Waals surface area (Å²) in [7, 11) is 1.62. The van der Waals surface area contributed by atoms with Gasteiger partial charge in [0.2, 0.25) is 0 Å². The number of primary amides is 1. The summed E-state index contributed by atoms with van der Waals surface area (Å²) in [5.41, 5.74) is 13.4. The van der Waals surface area contributed by atoms with Gasteiger partial charge in [0, 0.05) is 43.3 Å². The molecule has 10 nitrogen and oxygen atoms in total. The zero-order valence-corrected chi connectivity index (χ0v) is 23.9. The van der Waals surface area contributed by atoms with E-state index in [0.717, 1.165) is 55.1 Å². The van der Waals surface area contributed by atoms with Crippen LogP contribution in [0.1, 0.15) is 28.5 Å². The van der Waals surface area contributed by atoms with Gasteiger partial charge in [-0.05, 0) is 36.1 Å². The van der Waals surface area contributed by atoms with Gasteiger partial charge < -0.3 is 16.2 Å². The first kappa shape index (κ1) is 30.0. The zero-order chi connectivity index (χ0) is 30.1. The lowest BCUT2D eigenvalue weighted by molar-refractivity contribution is 0.0443. The van der Waals surface area contributed by atoms with Crippen LogP contribution in [0.15, 0.2) is 77.0 Å². The van der Waals surface area contributed by atoms with Gasteiger partial charge in [0.15, 0.2) is 11.6 Å². The highest BCUT2D eigenvalue weighted by atomic mass is 16.5. The van der Waals surface area contributed by atoms with E-state index in [1.165, 1.54) is 17.0 Å². The van der Waals surface area contributed by atoms with Crippen molar-refractivity contribution in [1.82, 2.24) is 19.2 Å². The van der Waals surface area contributed by atoms with Crippen molar-refractivity contribution in [3.05, 3.63) is 94.4 Å². The number of aryl methyl sites for hydroxylation is 2. The average molecular weight is 566 g/mol. The second kappa shape index (κ2) is 14.1. The number of morpholine rings is 1. The SMILES string of the molecule is C=C/C=N\c1c(C(N)=O)c(N)nn1C.CCc1cc2cccc(C#CCN3CCOCC3)c2c(=O)n1-c1ccccc1. The summed E-state index contributed by atoms with van der Waals surface area (Å²) in [6.07, 6.45) is 3.70. The van der Waals surface area contributed by atoms with E-state index in [2.05, 4.69) is 46.4 Å². The summed E-state index contributed by atoms with van der Waals surface area (Å²) in [5.74, 6) is 6.26. The highest BCUT2D eigenvalue weighted by Gasteiger charge is 2.17. The molecule has 0 bridgehead atoms. The first-order chi connectivity index (χ1) is 20.3. The Hall–Kier alpha value is -4.98. The monoisotopic (exact) mass is 565 g/mol. The van der Waals surface area contributed by atoms with Gasteiger partial charge in [-0.1, -0.05) is 61.8 Å². The number of fused-ring (bicyclic) bond motifs is 1. The molecule has 0 atom stereocenters. The molecule has 10 heteroatoms. The quantitative estimate of drug-likeness (QED) is 0.272. The molecule has 3 heterocycles. The molecule has 1 fully saturated rings. The number of amides is 1. The predicted molar refractivity (Wildman–Crippen MR) is 168 cm³/mol. The zero-order valence-electron chi connectivity index (χ0n) is 23.9. The highest BCUT2D eigenvalue weighted by Crippen LogP contribution is 2.23. The van der Waals surface area contributed by atoms with Crippen molar-refractivity contribution in [1.29, 1.82) is 0 Å². The number of nitrogens with zero attached hydrogens (tertiary/aromatic N) is 5. The smallest absolute Gasteiger partial charge is 0.264 e. The minimum absolute atomic E-state index is 0.00294. The number of aliphatic imine (C=N–C) groups is 1. The molecule has 2 aromatic heterocycles. The molecule has 1 amide bonds. The van der Waals surface area contributed by atoms with Crippen LogP contribution in [0.25, 0.3) is 16.5 Å². The first-order valence-corrected chi connectivity index (χ1v) is 13.6. The Kier molecular flexibility index (Phi) is 10.1. The van der Waals surface area contributed by atoms with Gasteiger partial charge >= 0.3 is 0 Å². The molecule has 0 spiro atoms. The number of nitrogens with two attached hydrogens (primary N) is 2. The topological polar surface area (TPSA) is 134 Å². The fourth-order valence-electron chi connectivity index (χ4n) is 4.69.